The first-order valence-corrected chi connectivity index (χ1v) is 7.27. The van der Waals surface area contributed by atoms with Crippen molar-refractivity contribution < 1.29 is 14.8 Å². The Hall–Kier alpha value is -2.22. The Bertz CT molecular complexity index is 613. The number of rotatable bonds is 5. The summed E-state index contributed by atoms with van der Waals surface area (Å²) in [7, 11) is 0. The van der Waals surface area contributed by atoms with Crippen molar-refractivity contribution >= 4 is 11.6 Å². The third kappa shape index (κ3) is 4.14. The molecule has 1 saturated carbocycles. The molecule has 1 heterocycles. The van der Waals surface area contributed by atoms with E-state index in [1.165, 1.54) is 0 Å². The summed E-state index contributed by atoms with van der Waals surface area (Å²) in [6.07, 6.45) is 4.27. The molecule has 1 aliphatic rings. The Balaban J connectivity index is 1.93. The number of nitrogens with zero attached hydrogens (tertiary/aromatic N) is 2. The van der Waals surface area contributed by atoms with Gasteiger partial charge in [-0.2, -0.15) is 0 Å². The monoisotopic (exact) mass is 309 g/mol. The molecule has 1 aromatic rings. The summed E-state index contributed by atoms with van der Waals surface area (Å²) in [5.74, 6) is -0.375. The van der Waals surface area contributed by atoms with Gasteiger partial charge in [-0.1, -0.05) is 12.8 Å². The Morgan fingerprint density at radius 2 is 2.14 bits per heavy atom. The van der Waals surface area contributed by atoms with Crippen LogP contribution in [0.2, 0.25) is 0 Å². The highest BCUT2D eigenvalue weighted by atomic mass is 16.6. The van der Waals surface area contributed by atoms with Gasteiger partial charge in [0, 0.05) is 24.6 Å². The zero-order valence-electron chi connectivity index (χ0n) is 12.1. The van der Waals surface area contributed by atoms with Crippen LogP contribution in [0, 0.1) is 16.0 Å². The molecule has 8 nitrogen and oxygen atoms in total. The molecule has 0 aromatic carbocycles. The van der Waals surface area contributed by atoms with Crippen LogP contribution in [-0.2, 0) is 11.3 Å². The number of aliphatic hydroxyl groups excluding tert-OH is 1. The van der Waals surface area contributed by atoms with Gasteiger partial charge in [0.1, 0.15) is 6.54 Å². The summed E-state index contributed by atoms with van der Waals surface area (Å²) in [5.41, 5.74) is -0.714. The summed E-state index contributed by atoms with van der Waals surface area (Å²) in [5, 5.41) is 23.2. The lowest BCUT2D eigenvalue weighted by Gasteiger charge is -2.27. The molecular weight excluding hydrogens is 290 g/mol. The number of nitrogens with one attached hydrogen (secondary N) is 1. The van der Waals surface area contributed by atoms with E-state index in [1.807, 2.05) is 0 Å². The van der Waals surface area contributed by atoms with E-state index < -0.39 is 22.5 Å². The van der Waals surface area contributed by atoms with Crippen LogP contribution in [0.5, 0.6) is 0 Å². The average Bonchev–Trinajstić information content (AvgIpc) is 2.48. The molecule has 0 aliphatic heterocycles. The maximum Gasteiger partial charge on any atom is 0.285 e. The van der Waals surface area contributed by atoms with Crippen LogP contribution in [-0.4, -0.2) is 33.2 Å². The first-order valence-electron chi connectivity index (χ1n) is 7.27. The zero-order valence-corrected chi connectivity index (χ0v) is 12.1. The maximum absolute atomic E-state index is 11.9. The molecule has 1 fully saturated rings. The van der Waals surface area contributed by atoms with Crippen LogP contribution in [0.4, 0.5) is 5.69 Å². The van der Waals surface area contributed by atoms with Crippen molar-refractivity contribution in [1.82, 2.24) is 9.88 Å². The highest BCUT2D eigenvalue weighted by molar-refractivity contribution is 5.75. The fourth-order valence-corrected chi connectivity index (χ4v) is 2.63. The van der Waals surface area contributed by atoms with Gasteiger partial charge in [0.05, 0.1) is 17.2 Å². The number of pyridine rings is 1. The predicted octanol–water partition coefficient (Wildman–Crippen LogP) is 0.424. The number of carbonyl (C=O) groups is 1. The van der Waals surface area contributed by atoms with Crippen LogP contribution in [0.1, 0.15) is 25.7 Å². The van der Waals surface area contributed by atoms with E-state index in [1.54, 1.807) is 0 Å². The molecule has 22 heavy (non-hydrogen) atoms. The number of hydrogen-bond acceptors (Lipinski definition) is 5. The minimum atomic E-state index is -0.619. The first-order chi connectivity index (χ1) is 10.5. The van der Waals surface area contributed by atoms with E-state index in [2.05, 4.69) is 5.32 Å². The maximum atomic E-state index is 11.9. The molecule has 1 aromatic heterocycles. The molecule has 2 N–H and O–H groups in total. The summed E-state index contributed by atoms with van der Waals surface area (Å²) in [6, 6.07) is 2.17. The molecule has 0 radical (unpaired) electrons. The first kappa shape index (κ1) is 16.2. The van der Waals surface area contributed by atoms with Crippen molar-refractivity contribution in [3.63, 3.8) is 0 Å². The molecule has 0 unspecified atom stereocenters. The number of carbonyl (C=O) groups excluding carboxylic acids is 1. The topological polar surface area (TPSA) is 114 Å². The van der Waals surface area contributed by atoms with Gasteiger partial charge in [-0.05, 0) is 12.8 Å². The Morgan fingerprint density at radius 1 is 1.41 bits per heavy atom. The van der Waals surface area contributed by atoms with Crippen molar-refractivity contribution in [2.24, 2.45) is 5.92 Å². The number of hydrogen-bond donors (Lipinski definition) is 2. The Kier molecular flexibility index (Phi) is 5.26. The fourth-order valence-electron chi connectivity index (χ4n) is 2.63. The second-order valence-electron chi connectivity index (χ2n) is 5.53. The number of aliphatic hydroxyl groups is 1. The zero-order chi connectivity index (χ0) is 16.1. The molecule has 0 bridgehead atoms. The number of amides is 1. The van der Waals surface area contributed by atoms with Crippen molar-refractivity contribution in [3.05, 3.63) is 38.8 Å². The van der Waals surface area contributed by atoms with Crippen LogP contribution in [0.15, 0.2) is 23.1 Å². The minimum absolute atomic E-state index is 0.0273. The van der Waals surface area contributed by atoms with E-state index in [0.717, 1.165) is 48.6 Å². The molecule has 1 amide bonds. The molecule has 120 valence electrons. The predicted molar refractivity (Wildman–Crippen MR) is 78.3 cm³/mol. The van der Waals surface area contributed by atoms with Crippen LogP contribution in [0.25, 0.3) is 0 Å². The van der Waals surface area contributed by atoms with Gasteiger partial charge < -0.3 is 10.4 Å². The average molecular weight is 309 g/mol. The lowest BCUT2D eigenvalue weighted by Crippen LogP contribution is -2.39. The minimum Gasteiger partial charge on any atom is -0.393 e. The molecule has 2 rings (SSSR count). The summed E-state index contributed by atoms with van der Waals surface area (Å²) < 4.78 is 1.00. The van der Waals surface area contributed by atoms with Gasteiger partial charge in [0.2, 0.25) is 5.91 Å². The van der Waals surface area contributed by atoms with Gasteiger partial charge in [0.15, 0.2) is 0 Å². The van der Waals surface area contributed by atoms with Gasteiger partial charge >= 0.3 is 0 Å². The van der Waals surface area contributed by atoms with E-state index in [-0.39, 0.29) is 18.2 Å². The largest absolute Gasteiger partial charge is 0.393 e. The highest BCUT2D eigenvalue weighted by Crippen LogP contribution is 2.23. The van der Waals surface area contributed by atoms with Gasteiger partial charge in [-0.25, -0.2) is 0 Å². The quantitative estimate of drug-likeness (QED) is 0.604. The second kappa shape index (κ2) is 7.17. The lowest BCUT2D eigenvalue weighted by atomic mass is 9.86. The lowest BCUT2D eigenvalue weighted by molar-refractivity contribution is -0.385. The van der Waals surface area contributed by atoms with E-state index in [0.29, 0.717) is 6.54 Å². The SMILES string of the molecule is O=C(Cn1cc([N+](=O)[O-])ccc1=O)NC[C@H]1CCCC[C@@H]1O. The Morgan fingerprint density at radius 3 is 2.82 bits per heavy atom. The van der Waals surface area contributed by atoms with Crippen molar-refractivity contribution in [2.75, 3.05) is 6.54 Å². The third-order valence-electron chi connectivity index (χ3n) is 3.92. The molecule has 0 saturated heterocycles. The van der Waals surface area contributed by atoms with Gasteiger partial charge in [-0.15, -0.1) is 0 Å². The summed E-state index contributed by atoms with van der Waals surface area (Å²) >= 11 is 0. The van der Waals surface area contributed by atoms with Gasteiger partial charge in [-0.3, -0.25) is 24.3 Å². The number of nitro groups is 1. The normalized spacial score (nSPS) is 21.3. The fraction of sp³-hybridized carbons (Fsp3) is 0.571. The smallest absolute Gasteiger partial charge is 0.285 e. The summed E-state index contributed by atoms with van der Waals surface area (Å²) in [6.45, 7) is 0.0764. The van der Waals surface area contributed by atoms with Gasteiger partial charge in [0.25, 0.3) is 11.2 Å². The van der Waals surface area contributed by atoms with Crippen LogP contribution >= 0.6 is 0 Å². The van der Waals surface area contributed by atoms with Crippen molar-refractivity contribution in [3.8, 4) is 0 Å². The van der Waals surface area contributed by atoms with E-state index in [4.69, 9.17) is 0 Å². The highest BCUT2D eigenvalue weighted by Gasteiger charge is 2.23. The molecule has 1 aliphatic carbocycles. The molecule has 2 atom stereocenters. The van der Waals surface area contributed by atoms with Crippen molar-refractivity contribution in [1.29, 1.82) is 0 Å². The van der Waals surface area contributed by atoms with Crippen LogP contribution in [0.3, 0.4) is 0 Å². The summed E-state index contributed by atoms with van der Waals surface area (Å²) in [4.78, 5) is 33.5. The Labute approximate surface area is 126 Å². The second-order valence-corrected chi connectivity index (χ2v) is 5.53. The molecular formula is C14H19N3O5. The molecule has 8 heteroatoms. The van der Waals surface area contributed by atoms with Crippen LogP contribution < -0.4 is 10.9 Å². The standard InChI is InChI=1S/C14H19N3O5/c18-12-4-2-1-3-10(12)7-15-13(19)9-16-8-11(17(21)22)5-6-14(16)20/h5-6,8,10,12,18H,1-4,7,9H2,(H,15,19)/t10-,12+/m1/s1. The van der Waals surface area contributed by atoms with E-state index >= 15 is 0 Å². The third-order valence-corrected chi connectivity index (χ3v) is 3.92. The molecule has 0 spiro atoms. The number of aromatic nitrogens is 1. The van der Waals surface area contributed by atoms with E-state index in [9.17, 15) is 24.8 Å². The van der Waals surface area contributed by atoms with Crippen molar-refractivity contribution in [2.45, 2.75) is 38.3 Å².